The van der Waals surface area contributed by atoms with Gasteiger partial charge in [0.25, 0.3) is 0 Å². The normalized spacial score (nSPS) is 18.9. The van der Waals surface area contributed by atoms with E-state index in [0.717, 1.165) is 6.92 Å². The van der Waals surface area contributed by atoms with Crippen molar-refractivity contribution >= 4 is 0 Å². The van der Waals surface area contributed by atoms with Crippen molar-refractivity contribution in [2.75, 3.05) is 6.61 Å². The van der Waals surface area contributed by atoms with Gasteiger partial charge in [-0.1, -0.05) is 6.92 Å². The molecule has 0 radical (unpaired) electrons. The molecule has 0 fully saturated rings. The molecule has 0 rings (SSSR count). The third-order valence-corrected chi connectivity index (χ3v) is 1.87. The molecule has 0 aromatic heterocycles. The Kier molecular flexibility index (Phi) is 3.41. The molecule has 0 saturated carbocycles. The van der Waals surface area contributed by atoms with E-state index in [0.29, 0.717) is 0 Å². The monoisotopic (exact) mass is 163 g/mol. The maximum absolute atomic E-state index is 10.2. The lowest BCUT2D eigenvalue weighted by Gasteiger charge is -2.20. The molecule has 66 valence electrons. The third kappa shape index (κ3) is 2.44. The summed E-state index contributed by atoms with van der Waals surface area (Å²) >= 11 is 0. The first-order valence-electron chi connectivity index (χ1n) is 3.40. The van der Waals surface area contributed by atoms with Crippen molar-refractivity contribution in [3.8, 4) is 0 Å². The standard InChI is InChI=1S/C6H13NO4/c1-5(3-4-8)6(2,9)7(10)11/h5,8-9H,3-4H2,1-2H3. The predicted octanol–water partition coefficient (Wildman–Crippen LogP) is -0.00990. The highest BCUT2D eigenvalue weighted by Gasteiger charge is 2.40. The lowest BCUT2D eigenvalue weighted by Crippen LogP contribution is -2.41. The minimum absolute atomic E-state index is 0.148. The van der Waals surface area contributed by atoms with Gasteiger partial charge in [-0.3, -0.25) is 10.1 Å². The first-order chi connectivity index (χ1) is 4.92. The summed E-state index contributed by atoms with van der Waals surface area (Å²) < 4.78 is 0. The fraction of sp³-hybridized carbons (Fsp3) is 1.00. The molecule has 0 aliphatic carbocycles. The molecule has 0 aliphatic rings. The Morgan fingerprint density at radius 1 is 1.73 bits per heavy atom. The second kappa shape index (κ2) is 3.64. The number of hydrogen-bond acceptors (Lipinski definition) is 4. The number of nitro groups is 1. The van der Waals surface area contributed by atoms with E-state index in [1.54, 1.807) is 0 Å². The molecular weight excluding hydrogens is 150 g/mol. The van der Waals surface area contributed by atoms with Gasteiger partial charge in [0, 0.05) is 13.5 Å². The Balaban J connectivity index is 4.17. The van der Waals surface area contributed by atoms with Gasteiger partial charge in [0.15, 0.2) is 0 Å². The second-order valence-electron chi connectivity index (χ2n) is 2.76. The average molecular weight is 163 g/mol. The molecule has 0 aromatic carbocycles. The van der Waals surface area contributed by atoms with Gasteiger partial charge in [-0.15, -0.1) is 0 Å². The maximum Gasteiger partial charge on any atom is 0.322 e. The van der Waals surface area contributed by atoms with E-state index >= 15 is 0 Å². The topological polar surface area (TPSA) is 83.6 Å². The molecule has 2 N–H and O–H groups in total. The van der Waals surface area contributed by atoms with Gasteiger partial charge in [-0.05, 0) is 6.42 Å². The summed E-state index contributed by atoms with van der Waals surface area (Å²) in [6, 6.07) is 0. The van der Waals surface area contributed by atoms with Crippen LogP contribution in [0.15, 0.2) is 0 Å². The smallest absolute Gasteiger partial charge is 0.322 e. The van der Waals surface area contributed by atoms with Gasteiger partial charge < -0.3 is 10.2 Å². The quantitative estimate of drug-likeness (QED) is 0.347. The van der Waals surface area contributed by atoms with E-state index < -0.39 is 16.6 Å². The van der Waals surface area contributed by atoms with E-state index in [9.17, 15) is 15.2 Å². The van der Waals surface area contributed by atoms with Crippen LogP contribution >= 0.6 is 0 Å². The van der Waals surface area contributed by atoms with Gasteiger partial charge in [0.05, 0.1) is 10.8 Å². The average Bonchev–Trinajstić information content (AvgIpc) is 1.88. The zero-order valence-electron chi connectivity index (χ0n) is 6.65. The molecule has 0 amide bonds. The molecule has 0 aromatic rings. The van der Waals surface area contributed by atoms with Crippen LogP contribution in [0, 0.1) is 16.0 Å². The number of nitrogens with zero attached hydrogens (tertiary/aromatic N) is 1. The van der Waals surface area contributed by atoms with Crippen molar-refractivity contribution in [1.29, 1.82) is 0 Å². The van der Waals surface area contributed by atoms with Crippen LogP contribution in [0.25, 0.3) is 0 Å². The van der Waals surface area contributed by atoms with E-state index in [1.807, 2.05) is 0 Å². The Morgan fingerprint density at radius 2 is 2.18 bits per heavy atom. The minimum atomic E-state index is -1.93. The molecule has 0 heterocycles. The van der Waals surface area contributed by atoms with Crippen LogP contribution in [0.2, 0.25) is 0 Å². The number of hydrogen-bond donors (Lipinski definition) is 2. The molecule has 11 heavy (non-hydrogen) atoms. The van der Waals surface area contributed by atoms with Crippen LogP contribution in [0.5, 0.6) is 0 Å². The van der Waals surface area contributed by atoms with Gasteiger partial charge in [0.2, 0.25) is 0 Å². The van der Waals surface area contributed by atoms with Crippen LogP contribution in [0.3, 0.4) is 0 Å². The summed E-state index contributed by atoms with van der Waals surface area (Å²) in [6.45, 7) is 2.51. The third-order valence-electron chi connectivity index (χ3n) is 1.87. The summed E-state index contributed by atoms with van der Waals surface area (Å²) in [5.74, 6) is -0.539. The second-order valence-corrected chi connectivity index (χ2v) is 2.76. The Bertz CT molecular complexity index is 146. The van der Waals surface area contributed by atoms with Crippen molar-refractivity contribution in [3.63, 3.8) is 0 Å². The Morgan fingerprint density at radius 3 is 2.45 bits per heavy atom. The molecule has 0 aliphatic heterocycles. The predicted molar refractivity (Wildman–Crippen MR) is 38.5 cm³/mol. The van der Waals surface area contributed by atoms with Crippen molar-refractivity contribution < 1.29 is 15.1 Å². The molecule has 5 heteroatoms. The summed E-state index contributed by atoms with van der Waals surface area (Å²) in [4.78, 5) is 9.47. The van der Waals surface area contributed by atoms with Crippen molar-refractivity contribution in [2.45, 2.75) is 26.0 Å². The van der Waals surface area contributed by atoms with Gasteiger partial charge in [-0.25, -0.2) is 0 Å². The van der Waals surface area contributed by atoms with E-state index in [-0.39, 0.29) is 13.0 Å². The number of aliphatic hydroxyl groups excluding tert-OH is 1. The number of rotatable bonds is 4. The molecule has 0 spiro atoms. The molecular formula is C6H13NO4. The summed E-state index contributed by atoms with van der Waals surface area (Å²) in [6.07, 6.45) is 0.230. The fourth-order valence-corrected chi connectivity index (χ4v) is 0.647. The van der Waals surface area contributed by atoms with Gasteiger partial charge >= 0.3 is 5.72 Å². The van der Waals surface area contributed by atoms with E-state index in [1.165, 1.54) is 6.92 Å². The van der Waals surface area contributed by atoms with Gasteiger partial charge in [0.1, 0.15) is 0 Å². The molecule has 2 unspecified atom stereocenters. The maximum atomic E-state index is 10.2. The van der Waals surface area contributed by atoms with Crippen LogP contribution in [-0.2, 0) is 0 Å². The van der Waals surface area contributed by atoms with Crippen molar-refractivity contribution in [1.82, 2.24) is 0 Å². The molecule has 5 nitrogen and oxygen atoms in total. The first kappa shape index (κ1) is 10.3. The fourth-order valence-electron chi connectivity index (χ4n) is 0.647. The summed E-state index contributed by atoms with van der Waals surface area (Å²) in [5.41, 5.74) is -1.93. The SMILES string of the molecule is CC(CCO)C(C)(O)[N+](=O)[O-]. The first-order valence-corrected chi connectivity index (χ1v) is 3.40. The number of aliphatic hydroxyl groups is 2. The highest BCUT2D eigenvalue weighted by Crippen LogP contribution is 2.19. The lowest BCUT2D eigenvalue weighted by atomic mass is 9.97. The van der Waals surface area contributed by atoms with Crippen molar-refractivity contribution in [2.24, 2.45) is 5.92 Å². The lowest BCUT2D eigenvalue weighted by molar-refractivity contribution is -0.630. The minimum Gasteiger partial charge on any atom is -0.396 e. The van der Waals surface area contributed by atoms with Crippen LogP contribution in [-0.4, -0.2) is 27.5 Å². The summed E-state index contributed by atoms with van der Waals surface area (Å²) in [7, 11) is 0. The molecule has 0 bridgehead atoms. The van der Waals surface area contributed by atoms with E-state index in [4.69, 9.17) is 5.11 Å². The van der Waals surface area contributed by atoms with Gasteiger partial charge in [-0.2, -0.15) is 0 Å². The largest absolute Gasteiger partial charge is 0.396 e. The van der Waals surface area contributed by atoms with Crippen molar-refractivity contribution in [3.05, 3.63) is 10.1 Å². The Labute approximate surface area is 64.8 Å². The highest BCUT2D eigenvalue weighted by atomic mass is 16.7. The van der Waals surface area contributed by atoms with Crippen LogP contribution in [0.1, 0.15) is 20.3 Å². The van der Waals surface area contributed by atoms with Crippen LogP contribution < -0.4 is 0 Å². The summed E-state index contributed by atoms with van der Waals surface area (Å²) in [5, 5.41) is 27.8. The Hall–Kier alpha value is -0.680. The molecule has 2 atom stereocenters. The zero-order chi connectivity index (χ0) is 9.07. The highest BCUT2D eigenvalue weighted by molar-refractivity contribution is 4.66. The van der Waals surface area contributed by atoms with Crippen LogP contribution in [0.4, 0.5) is 0 Å². The molecule has 0 saturated heterocycles. The zero-order valence-corrected chi connectivity index (χ0v) is 6.65. The van der Waals surface area contributed by atoms with E-state index in [2.05, 4.69) is 0 Å².